The van der Waals surface area contributed by atoms with Crippen LogP contribution in [-0.2, 0) is 9.84 Å². The Morgan fingerprint density at radius 3 is 2.46 bits per heavy atom. The van der Waals surface area contributed by atoms with Crippen LogP contribution in [0.25, 0.3) is 0 Å². The second kappa shape index (κ2) is 9.46. The predicted molar refractivity (Wildman–Crippen MR) is 129 cm³/mol. The Hall–Kier alpha value is -2.86. The number of anilines is 1. The Balaban J connectivity index is 1.39. The number of amides is 1. The molecule has 8 nitrogen and oxygen atoms in total. The van der Waals surface area contributed by atoms with Crippen molar-refractivity contribution in [2.24, 2.45) is 11.8 Å². The molecule has 196 valence electrons. The van der Waals surface area contributed by atoms with Gasteiger partial charge in [0.15, 0.2) is 27.6 Å². The van der Waals surface area contributed by atoms with E-state index in [4.69, 9.17) is 16.0 Å². The molecule has 37 heavy (non-hydrogen) atoms. The second-order valence-corrected chi connectivity index (χ2v) is 12.1. The number of carbonyl (C=O) groups excluding carboxylic acids is 1. The van der Waals surface area contributed by atoms with Crippen molar-refractivity contribution in [2.75, 3.05) is 5.32 Å². The maximum Gasteiger partial charge on any atom is 0.255 e. The third-order valence-corrected chi connectivity index (χ3v) is 10.2. The summed E-state index contributed by atoms with van der Waals surface area (Å²) in [6.07, 6.45) is 2.46. The van der Waals surface area contributed by atoms with Crippen molar-refractivity contribution in [3.63, 3.8) is 0 Å². The first-order chi connectivity index (χ1) is 17.5. The molecule has 2 bridgehead atoms. The maximum absolute atomic E-state index is 13.7. The summed E-state index contributed by atoms with van der Waals surface area (Å²) in [6, 6.07) is 6.61. The van der Waals surface area contributed by atoms with E-state index >= 15 is 0 Å². The number of aliphatic hydroxyl groups is 2. The third-order valence-electron chi connectivity index (χ3n) is 7.51. The zero-order valence-electron chi connectivity index (χ0n) is 19.3. The largest absolute Gasteiger partial charge is 0.446 e. The minimum Gasteiger partial charge on any atom is -0.446 e. The number of aliphatic hydroxyl groups excluding tert-OH is 1. The fourth-order valence-electron chi connectivity index (χ4n) is 5.63. The van der Waals surface area contributed by atoms with Gasteiger partial charge in [-0.2, -0.15) is 0 Å². The lowest BCUT2D eigenvalue weighted by atomic mass is 9.71. The van der Waals surface area contributed by atoms with Crippen LogP contribution in [0.5, 0.6) is 0 Å². The Labute approximate surface area is 216 Å². The number of nitrogens with one attached hydrogen (secondary N) is 1. The highest BCUT2D eigenvalue weighted by Crippen LogP contribution is 2.56. The van der Waals surface area contributed by atoms with E-state index in [1.165, 1.54) is 30.7 Å². The molecular formula is C25H23ClF2N2O6S. The first kappa shape index (κ1) is 25.8. The summed E-state index contributed by atoms with van der Waals surface area (Å²) >= 11 is 6.25. The van der Waals surface area contributed by atoms with Crippen molar-refractivity contribution < 1.29 is 36.6 Å². The molecule has 0 saturated heterocycles. The molecule has 2 aliphatic carbocycles. The average Bonchev–Trinajstić information content (AvgIpc) is 3.43. The maximum atomic E-state index is 13.7. The van der Waals surface area contributed by atoms with Crippen LogP contribution in [-0.4, -0.2) is 40.4 Å². The van der Waals surface area contributed by atoms with Crippen molar-refractivity contribution in [3.05, 3.63) is 77.0 Å². The quantitative estimate of drug-likeness (QED) is 0.416. The smallest absolute Gasteiger partial charge is 0.255 e. The van der Waals surface area contributed by atoms with Crippen LogP contribution in [0.4, 0.5) is 14.5 Å². The van der Waals surface area contributed by atoms with Gasteiger partial charge >= 0.3 is 0 Å². The zero-order valence-corrected chi connectivity index (χ0v) is 20.8. The minimum absolute atomic E-state index is 0.00370. The molecular weight excluding hydrogens is 530 g/mol. The summed E-state index contributed by atoms with van der Waals surface area (Å²) < 4.78 is 59.2. The van der Waals surface area contributed by atoms with Crippen molar-refractivity contribution in [2.45, 2.75) is 47.5 Å². The van der Waals surface area contributed by atoms with Crippen molar-refractivity contribution >= 4 is 33.0 Å². The van der Waals surface area contributed by atoms with Crippen LogP contribution in [0.1, 0.15) is 48.0 Å². The predicted octanol–water partition coefficient (Wildman–Crippen LogP) is 4.29. The number of benzene rings is 2. The topological polar surface area (TPSA) is 130 Å². The summed E-state index contributed by atoms with van der Waals surface area (Å²) in [7, 11) is -4.04. The number of sulfone groups is 1. The number of rotatable bonds is 6. The van der Waals surface area contributed by atoms with E-state index < -0.39 is 56.2 Å². The number of oxazole rings is 1. The SMILES string of the molecule is O=C(Nc1ccc(F)c(F)c1)c1ccc(Cl)c(S(=O)(=O)C2CC3CC[C@@H](C2)C3(O)C(O)c2ncco2)c1. The van der Waals surface area contributed by atoms with Gasteiger partial charge in [0, 0.05) is 17.3 Å². The van der Waals surface area contributed by atoms with Gasteiger partial charge in [-0.1, -0.05) is 11.6 Å². The number of carbonyl (C=O) groups is 1. The number of halogens is 3. The molecule has 0 aliphatic heterocycles. The van der Waals surface area contributed by atoms with Gasteiger partial charge in [-0.25, -0.2) is 22.2 Å². The van der Waals surface area contributed by atoms with Gasteiger partial charge in [-0.3, -0.25) is 4.79 Å². The van der Waals surface area contributed by atoms with E-state index in [2.05, 4.69) is 10.3 Å². The Kier molecular flexibility index (Phi) is 6.59. The second-order valence-electron chi connectivity index (χ2n) is 9.50. The molecule has 1 aromatic heterocycles. The van der Waals surface area contributed by atoms with E-state index in [0.29, 0.717) is 12.8 Å². The highest BCUT2D eigenvalue weighted by Gasteiger charge is 2.60. The molecule has 3 N–H and O–H groups in total. The summed E-state index contributed by atoms with van der Waals surface area (Å²) in [4.78, 5) is 16.4. The lowest BCUT2D eigenvalue weighted by Gasteiger charge is -2.44. The Morgan fingerprint density at radius 2 is 1.84 bits per heavy atom. The standard InChI is InChI=1S/C25H23ClF2N2O6S/c26-18-5-1-13(23(32)30-16-4-6-19(27)20(28)12-16)9-21(18)37(34,35)17-10-14-2-3-15(11-17)25(14,33)22(31)24-29-7-8-36-24/h1,4-9,12,14-15,17,22,31,33H,2-3,10-11H2,(H,30,32)/t14-,15?,17?,22?,25?/m0/s1. The average molecular weight is 553 g/mol. The molecule has 1 heterocycles. The van der Waals surface area contributed by atoms with E-state index in [1.807, 2.05) is 0 Å². The van der Waals surface area contributed by atoms with Gasteiger partial charge in [0.05, 0.1) is 21.4 Å². The molecule has 0 spiro atoms. The minimum atomic E-state index is -4.04. The third kappa shape index (κ3) is 4.43. The summed E-state index contributed by atoms with van der Waals surface area (Å²) in [5.41, 5.74) is -1.62. The summed E-state index contributed by atoms with van der Waals surface area (Å²) in [5.74, 6) is -4.01. The van der Waals surface area contributed by atoms with Gasteiger partial charge in [0.2, 0.25) is 5.89 Å². The molecule has 1 amide bonds. The fraction of sp³-hybridized carbons (Fsp3) is 0.360. The molecule has 0 radical (unpaired) electrons. The molecule has 3 aromatic rings. The van der Waals surface area contributed by atoms with Crippen LogP contribution in [0.2, 0.25) is 5.02 Å². The number of aromatic nitrogens is 1. The number of hydrogen-bond donors (Lipinski definition) is 3. The highest BCUT2D eigenvalue weighted by molar-refractivity contribution is 7.92. The lowest BCUT2D eigenvalue weighted by Crippen LogP contribution is -2.52. The molecule has 5 rings (SSSR count). The van der Waals surface area contributed by atoms with Crippen molar-refractivity contribution in [3.8, 4) is 0 Å². The van der Waals surface area contributed by atoms with Crippen molar-refractivity contribution in [1.29, 1.82) is 0 Å². The summed E-state index contributed by atoms with van der Waals surface area (Å²) in [5, 5.41) is 23.7. The number of fused-ring (bicyclic) bond motifs is 2. The lowest BCUT2D eigenvalue weighted by molar-refractivity contribution is -0.152. The van der Waals surface area contributed by atoms with Crippen LogP contribution >= 0.6 is 11.6 Å². The van der Waals surface area contributed by atoms with Gasteiger partial charge in [-0.15, -0.1) is 0 Å². The van der Waals surface area contributed by atoms with Crippen LogP contribution < -0.4 is 5.32 Å². The van der Waals surface area contributed by atoms with E-state index in [-0.39, 0.29) is 39.9 Å². The van der Waals surface area contributed by atoms with Gasteiger partial charge in [-0.05, 0) is 67.9 Å². The molecule has 12 heteroatoms. The van der Waals surface area contributed by atoms with Crippen LogP contribution in [0.3, 0.4) is 0 Å². The normalized spacial score (nSPS) is 26.1. The van der Waals surface area contributed by atoms with E-state index in [9.17, 15) is 32.2 Å². The summed E-state index contributed by atoms with van der Waals surface area (Å²) in [6.45, 7) is 0. The van der Waals surface area contributed by atoms with Crippen LogP contribution in [0, 0.1) is 23.5 Å². The number of nitrogens with zero attached hydrogens (tertiary/aromatic N) is 1. The number of hydrogen-bond acceptors (Lipinski definition) is 7. The monoisotopic (exact) mass is 552 g/mol. The van der Waals surface area contributed by atoms with Gasteiger partial charge < -0.3 is 19.9 Å². The molecule has 5 atom stereocenters. The van der Waals surface area contributed by atoms with Crippen LogP contribution in [0.15, 0.2) is 58.2 Å². The first-order valence-electron chi connectivity index (χ1n) is 11.6. The Morgan fingerprint density at radius 1 is 1.14 bits per heavy atom. The molecule has 2 saturated carbocycles. The molecule has 2 aliphatic rings. The van der Waals surface area contributed by atoms with Gasteiger partial charge in [0.1, 0.15) is 11.9 Å². The highest BCUT2D eigenvalue weighted by atomic mass is 35.5. The molecule has 2 aromatic carbocycles. The van der Waals surface area contributed by atoms with Crippen molar-refractivity contribution in [1.82, 2.24) is 4.98 Å². The zero-order chi connectivity index (χ0) is 26.5. The van der Waals surface area contributed by atoms with Gasteiger partial charge in [0.25, 0.3) is 5.91 Å². The fourth-order valence-corrected chi connectivity index (χ4v) is 8.03. The van der Waals surface area contributed by atoms with E-state index in [1.54, 1.807) is 0 Å². The molecule has 2 fully saturated rings. The first-order valence-corrected chi connectivity index (χ1v) is 13.5. The molecule has 4 unspecified atom stereocenters. The van der Waals surface area contributed by atoms with E-state index in [0.717, 1.165) is 18.2 Å². The Bertz CT molecular complexity index is 1440.